The van der Waals surface area contributed by atoms with E-state index in [0.29, 0.717) is 38.6 Å². The number of ether oxygens (including phenoxy) is 1. The molecule has 0 aliphatic rings. The third-order valence-electron chi connectivity index (χ3n) is 7.27. The Labute approximate surface area is 251 Å². The predicted molar refractivity (Wildman–Crippen MR) is 170 cm³/mol. The van der Waals surface area contributed by atoms with Crippen LogP contribution in [0.25, 0.3) is 0 Å². The maximum absolute atomic E-state index is 12.4. The molecule has 0 rings (SSSR count). The van der Waals surface area contributed by atoms with Gasteiger partial charge in [0.1, 0.15) is 12.1 Å². The second kappa shape index (κ2) is 29.3. The molecule has 0 aliphatic carbocycles. The van der Waals surface area contributed by atoms with E-state index >= 15 is 0 Å². The lowest BCUT2D eigenvalue weighted by molar-refractivity contribution is -0.150. The minimum atomic E-state index is -1.02. The van der Waals surface area contributed by atoms with E-state index in [0.717, 1.165) is 70.6 Å². The molecule has 4 N–H and O–H groups in total. The van der Waals surface area contributed by atoms with Crippen LogP contribution in [0.4, 0.5) is 0 Å². The largest absolute Gasteiger partial charge is 0.480 e. The van der Waals surface area contributed by atoms with Gasteiger partial charge in [0.2, 0.25) is 5.91 Å². The van der Waals surface area contributed by atoms with Crippen LogP contribution in [0.3, 0.4) is 0 Å². The molecule has 7 heteroatoms. The molecule has 0 heterocycles. The van der Waals surface area contributed by atoms with Gasteiger partial charge in [0.05, 0.1) is 0 Å². The predicted octanol–water partition coefficient (Wildman–Crippen LogP) is 8.16. The maximum atomic E-state index is 12.4. The molecule has 238 valence electrons. The molecule has 0 spiro atoms. The summed E-state index contributed by atoms with van der Waals surface area (Å²) >= 11 is 0. The van der Waals surface area contributed by atoms with Crippen LogP contribution in [-0.4, -0.2) is 41.6 Å². The number of carbonyl (C=O) groups excluding carboxylic acids is 2. The molecule has 0 aromatic carbocycles. The van der Waals surface area contributed by atoms with Crippen molar-refractivity contribution >= 4 is 17.8 Å². The van der Waals surface area contributed by atoms with Crippen molar-refractivity contribution < 1.29 is 24.2 Å². The van der Waals surface area contributed by atoms with Gasteiger partial charge in [0.25, 0.3) is 0 Å². The monoisotopic (exact) mass is 578 g/mol. The summed E-state index contributed by atoms with van der Waals surface area (Å²) in [6.07, 6.45) is 29.8. The summed E-state index contributed by atoms with van der Waals surface area (Å²) in [5, 5.41) is 11.8. The van der Waals surface area contributed by atoms with E-state index in [1.54, 1.807) is 0 Å². The Balaban J connectivity index is 3.97. The molecule has 0 bridgehead atoms. The number of nitrogens with one attached hydrogen (secondary N) is 1. The van der Waals surface area contributed by atoms with Crippen LogP contribution in [-0.2, 0) is 19.1 Å². The second-order valence-electron chi connectivity index (χ2n) is 11.2. The fraction of sp³-hybridized carbons (Fsp3) is 0.794. The van der Waals surface area contributed by atoms with Gasteiger partial charge in [0.15, 0.2) is 0 Å². The van der Waals surface area contributed by atoms with E-state index in [-0.39, 0.29) is 18.0 Å². The Morgan fingerprint density at radius 2 is 1.29 bits per heavy atom. The van der Waals surface area contributed by atoms with E-state index in [2.05, 4.69) is 43.5 Å². The molecule has 0 fully saturated rings. The van der Waals surface area contributed by atoms with Crippen LogP contribution in [0.15, 0.2) is 24.3 Å². The highest BCUT2D eigenvalue weighted by Crippen LogP contribution is 2.16. The van der Waals surface area contributed by atoms with Crippen molar-refractivity contribution in [1.29, 1.82) is 0 Å². The molecule has 0 radical (unpaired) electrons. The van der Waals surface area contributed by atoms with Crippen molar-refractivity contribution in [3.05, 3.63) is 24.3 Å². The average molecular weight is 579 g/mol. The van der Waals surface area contributed by atoms with Gasteiger partial charge in [-0.1, -0.05) is 89.5 Å². The third kappa shape index (κ3) is 26.5. The van der Waals surface area contributed by atoms with Gasteiger partial charge in [-0.2, -0.15) is 0 Å². The summed E-state index contributed by atoms with van der Waals surface area (Å²) in [6, 6.07) is -0.872. The van der Waals surface area contributed by atoms with E-state index < -0.39 is 12.0 Å². The van der Waals surface area contributed by atoms with E-state index in [1.165, 1.54) is 38.5 Å². The molecule has 2 unspecified atom stereocenters. The maximum Gasteiger partial charge on any atom is 0.326 e. The summed E-state index contributed by atoms with van der Waals surface area (Å²) in [7, 11) is 0. The lowest BCUT2D eigenvalue weighted by atomic mass is 10.0. The minimum absolute atomic E-state index is 0.0538. The van der Waals surface area contributed by atoms with Gasteiger partial charge in [0, 0.05) is 12.8 Å². The van der Waals surface area contributed by atoms with Crippen LogP contribution in [0.5, 0.6) is 0 Å². The zero-order valence-electron chi connectivity index (χ0n) is 26.4. The molecule has 2 atom stereocenters. The van der Waals surface area contributed by atoms with Gasteiger partial charge in [-0.25, -0.2) is 4.79 Å². The fourth-order valence-electron chi connectivity index (χ4n) is 4.70. The summed E-state index contributed by atoms with van der Waals surface area (Å²) in [5.74, 6) is -1.35. The molecular formula is C34H62N2O5. The highest BCUT2D eigenvalue weighted by Gasteiger charge is 2.19. The van der Waals surface area contributed by atoms with Crippen LogP contribution in [0.2, 0.25) is 0 Å². The summed E-state index contributed by atoms with van der Waals surface area (Å²) < 4.78 is 5.81. The van der Waals surface area contributed by atoms with Crippen molar-refractivity contribution in [2.45, 2.75) is 167 Å². The highest BCUT2D eigenvalue weighted by molar-refractivity contribution is 5.83. The zero-order valence-corrected chi connectivity index (χ0v) is 26.4. The number of carbonyl (C=O) groups is 3. The van der Waals surface area contributed by atoms with Crippen LogP contribution < -0.4 is 11.1 Å². The van der Waals surface area contributed by atoms with E-state index in [9.17, 15) is 19.5 Å². The number of hydrogen-bond donors (Lipinski definition) is 3. The summed E-state index contributed by atoms with van der Waals surface area (Å²) in [5.41, 5.74) is 5.44. The topological polar surface area (TPSA) is 119 Å². The van der Waals surface area contributed by atoms with Gasteiger partial charge >= 0.3 is 11.9 Å². The number of allylic oxidation sites excluding steroid dienone is 4. The number of aliphatic carboxylic acids is 1. The standard InChI is InChI=1S/C34H62N2O5/c1-3-5-7-8-9-10-11-12-13-14-15-16-17-18-22-28-33(38)41-30(24-6-4-2)25-20-19-21-27-32(37)36-31(34(39)40)26-23-29-35/h9-10,12-13,30-31H,3-8,11,14-29,35H2,1-2H3,(H,36,37)(H,39,40)/b10-9-,13-12-. The first-order chi connectivity index (χ1) is 19.9. The number of amides is 1. The van der Waals surface area contributed by atoms with Crippen LogP contribution >= 0.6 is 0 Å². The van der Waals surface area contributed by atoms with Gasteiger partial charge in [-0.3, -0.25) is 9.59 Å². The van der Waals surface area contributed by atoms with Crippen LogP contribution in [0, 0.1) is 0 Å². The molecule has 0 saturated heterocycles. The van der Waals surface area contributed by atoms with Crippen molar-refractivity contribution in [3.63, 3.8) is 0 Å². The second-order valence-corrected chi connectivity index (χ2v) is 11.2. The molecule has 1 amide bonds. The van der Waals surface area contributed by atoms with Crippen molar-refractivity contribution in [1.82, 2.24) is 5.32 Å². The first kappa shape index (κ1) is 38.9. The molecule has 41 heavy (non-hydrogen) atoms. The fourth-order valence-corrected chi connectivity index (χ4v) is 4.70. The Morgan fingerprint density at radius 3 is 1.95 bits per heavy atom. The van der Waals surface area contributed by atoms with Crippen molar-refractivity contribution in [2.75, 3.05) is 6.54 Å². The Kier molecular flexibility index (Phi) is 27.8. The van der Waals surface area contributed by atoms with Crippen LogP contribution in [0.1, 0.15) is 155 Å². The molecular weight excluding hydrogens is 516 g/mol. The molecule has 0 aromatic rings. The Hall–Kier alpha value is -2.15. The van der Waals surface area contributed by atoms with E-state index in [4.69, 9.17) is 10.5 Å². The van der Waals surface area contributed by atoms with Gasteiger partial charge in [-0.05, 0) is 83.6 Å². The number of unbranched alkanes of at least 4 members (excludes halogenated alkanes) is 11. The molecule has 0 aromatic heterocycles. The molecule has 0 aliphatic heterocycles. The smallest absolute Gasteiger partial charge is 0.326 e. The number of carboxylic acid groups (broad SMARTS) is 1. The lowest BCUT2D eigenvalue weighted by Gasteiger charge is -2.18. The Morgan fingerprint density at radius 1 is 0.707 bits per heavy atom. The van der Waals surface area contributed by atoms with E-state index in [1.807, 2.05) is 0 Å². The van der Waals surface area contributed by atoms with Crippen molar-refractivity contribution in [2.24, 2.45) is 5.73 Å². The minimum Gasteiger partial charge on any atom is -0.480 e. The normalized spacial score (nSPS) is 13.0. The number of carboxylic acids is 1. The lowest BCUT2D eigenvalue weighted by Crippen LogP contribution is -2.40. The highest BCUT2D eigenvalue weighted by atomic mass is 16.5. The number of hydrogen-bond acceptors (Lipinski definition) is 5. The first-order valence-corrected chi connectivity index (χ1v) is 16.7. The number of esters is 1. The van der Waals surface area contributed by atoms with Gasteiger partial charge < -0.3 is 20.9 Å². The third-order valence-corrected chi connectivity index (χ3v) is 7.27. The number of nitrogens with two attached hydrogens (primary N) is 1. The summed E-state index contributed by atoms with van der Waals surface area (Å²) in [4.78, 5) is 35.8. The summed E-state index contributed by atoms with van der Waals surface area (Å²) in [6.45, 7) is 4.77. The average Bonchev–Trinajstić information content (AvgIpc) is 2.95. The molecule has 0 saturated carbocycles. The first-order valence-electron chi connectivity index (χ1n) is 16.7. The SMILES string of the molecule is CCCCC/C=C\C/C=C\CCCCCCCC(=O)OC(CCCC)CCCCCC(=O)NC(CCCN)C(=O)O. The number of rotatable bonds is 29. The quantitative estimate of drug-likeness (QED) is 0.0468. The Bertz CT molecular complexity index is 707. The van der Waals surface area contributed by atoms with Crippen molar-refractivity contribution in [3.8, 4) is 0 Å². The molecule has 7 nitrogen and oxygen atoms in total. The zero-order chi connectivity index (χ0) is 30.4. The van der Waals surface area contributed by atoms with Gasteiger partial charge in [-0.15, -0.1) is 0 Å².